The van der Waals surface area contributed by atoms with Crippen LogP contribution in [0.25, 0.3) is 0 Å². The minimum Gasteiger partial charge on any atom is -0.207 e. The van der Waals surface area contributed by atoms with E-state index in [1.165, 1.54) is 6.07 Å². The SMILES string of the molecule is CC(C)(C)NS(=O)(=O)c1ccc(C2CC2)cc1C(F)(F)F. The van der Waals surface area contributed by atoms with E-state index in [1.807, 2.05) is 0 Å². The zero-order valence-electron chi connectivity index (χ0n) is 12.1. The molecule has 1 aromatic carbocycles. The van der Waals surface area contributed by atoms with E-state index in [4.69, 9.17) is 0 Å². The molecule has 0 bridgehead atoms. The van der Waals surface area contributed by atoms with Crippen molar-refractivity contribution in [3.8, 4) is 0 Å². The number of benzene rings is 1. The fraction of sp³-hybridized carbons (Fsp3) is 0.571. The molecule has 3 nitrogen and oxygen atoms in total. The summed E-state index contributed by atoms with van der Waals surface area (Å²) in [6.45, 7) is 4.74. The highest BCUT2D eigenvalue weighted by Crippen LogP contribution is 2.43. The predicted octanol–water partition coefficient (Wildman–Crippen LogP) is 3.66. The largest absolute Gasteiger partial charge is 0.417 e. The molecule has 0 heterocycles. The third-order valence-corrected chi connectivity index (χ3v) is 4.90. The molecule has 7 heteroatoms. The Morgan fingerprint density at radius 2 is 1.71 bits per heavy atom. The van der Waals surface area contributed by atoms with Gasteiger partial charge in [0, 0.05) is 5.54 Å². The van der Waals surface area contributed by atoms with Crippen LogP contribution in [0.4, 0.5) is 13.2 Å². The molecule has 0 amide bonds. The first kappa shape index (κ1) is 16.3. The standard InChI is InChI=1S/C14H18F3NO2S/c1-13(2,3)18-21(19,20)12-7-6-10(9-4-5-9)8-11(12)14(15,16)17/h6-9,18H,4-5H2,1-3H3. The van der Waals surface area contributed by atoms with Crippen molar-refractivity contribution in [2.24, 2.45) is 0 Å². The van der Waals surface area contributed by atoms with Crippen molar-refractivity contribution in [3.05, 3.63) is 29.3 Å². The lowest BCUT2D eigenvalue weighted by Crippen LogP contribution is -2.41. The zero-order valence-corrected chi connectivity index (χ0v) is 12.9. The molecule has 1 fully saturated rings. The highest BCUT2D eigenvalue weighted by molar-refractivity contribution is 7.89. The van der Waals surface area contributed by atoms with E-state index in [2.05, 4.69) is 4.72 Å². The van der Waals surface area contributed by atoms with Gasteiger partial charge in [-0.2, -0.15) is 13.2 Å². The average Bonchev–Trinajstić information content (AvgIpc) is 3.07. The van der Waals surface area contributed by atoms with E-state index in [0.717, 1.165) is 25.0 Å². The second-order valence-corrected chi connectivity index (χ2v) is 8.03. The lowest BCUT2D eigenvalue weighted by Gasteiger charge is -2.22. The number of hydrogen-bond acceptors (Lipinski definition) is 2. The summed E-state index contributed by atoms with van der Waals surface area (Å²) >= 11 is 0. The van der Waals surface area contributed by atoms with Crippen LogP contribution < -0.4 is 4.72 Å². The molecule has 0 saturated heterocycles. The maximum atomic E-state index is 13.2. The van der Waals surface area contributed by atoms with Crippen LogP contribution in [0.2, 0.25) is 0 Å². The molecular weight excluding hydrogens is 303 g/mol. The summed E-state index contributed by atoms with van der Waals surface area (Å²) in [4.78, 5) is -0.714. The van der Waals surface area contributed by atoms with Crippen LogP contribution in [-0.4, -0.2) is 14.0 Å². The summed E-state index contributed by atoms with van der Waals surface area (Å²) in [5.41, 5.74) is -1.39. The van der Waals surface area contributed by atoms with Crippen molar-refractivity contribution in [2.45, 2.75) is 56.1 Å². The van der Waals surface area contributed by atoms with E-state index in [0.29, 0.717) is 5.56 Å². The molecule has 118 valence electrons. The molecule has 0 unspecified atom stereocenters. The zero-order chi connectivity index (χ0) is 16.1. The first-order valence-corrected chi connectivity index (χ1v) is 8.13. The van der Waals surface area contributed by atoms with Crippen molar-refractivity contribution in [3.63, 3.8) is 0 Å². The molecule has 1 aromatic rings. The Labute approximate surface area is 122 Å². The summed E-state index contributed by atoms with van der Waals surface area (Å²) in [5, 5.41) is 0. The van der Waals surface area contributed by atoms with Gasteiger partial charge in [0.15, 0.2) is 0 Å². The smallest absolute Gasteiger partial charge is 0.207 e. The van der Waals surface area contributed by atoms with Crippen LogP contribution in [-0.2, 0) is 16.2 Å². The molecule has 2 rings (SSSR count). The lowest BCUT2D eigenvalue weighted by molar-refractivity contribution is -0.139. The van der Waals surface area contributed by atoms with Crippen LogP contribution >= 0.6 is 0 Å². The normalized spacial score (nSPS) is 17.0. The van der Waals surface area contributed by atoms with Gasteiger partial charge in [0.05, 0.1) is 10.5 Å². The summed E-state index contributed by atoms with van der Waals surface area (Å²) in [6, 6.07) is 3.50. The number of alkyl halides is 3. The van der Waals surface area contributed by atoms with E-state index >= 15 is 0 Å². The Morgan fingerprint density at radius 1 is 1.14 bits per heavy atom. The molecule has 1 N–H and O–H groups in total. The predicted molar refractivity (Wildman–Crippen MR) is 73.5 cm³/mol. The molecule has 0 radical (unpaired) electrons. The third kappa shape index (κ3) is 3.97. The summed E-state index contributed by atoms with van der Waals surface area (Å²) in [5.74, 6) is 0.124. The van der Waals surface area contributed by atoms with Crippen LogP contribution in [0.3, 0.4) is 0 Å². The first-order valence-electron chi connectivity index (χ1n) is 6.65. The van der Waals surface area contributed by atoms with Crippen LogP contribution in [0.1, 0.15) is 50.7 Å². The Morgan fingerprint density at radius 3 is 2.14 bits per heavy atom. The van der Waals surface area contributed by atoms with Gasteiger partial charge in [0.25, 0.3) is 0 Å². The summed E-state index contributed by atoms with van der Waals surface area (Å²) < 4.78 is 66.2. The topological polar surface area (TPSA) is 46.2 Å². The van der Waals surface area contributed by atoms with E-state index in [-0.39, 0.29) is 5.92 Å². The number of hydrogen-bond donors (Lipinski definition) is 1. The monoisotopic (exact) mass is 321 g/mol. The van der Waals surface area contributed by atoms with Gasteiger partial charge in [0.1, 0.15) is 0 Å². The molecular formula is C14H18F3NO2S. The van der Waals surface area contributed by atoms with Gasteiger partial charge in [-0.25, -0.2) is 13.1 Å². The maximum Gasteiger partial charge on any atom is 0.417 e. The maximum absolute atomic E-state index is 13.2. The molecule has 0 aromatic heterocycles. The van der Waals surface area contributed by atoms with Gasteiger partial charge < -0.3 is 0 Å². The van der Waals surface area contributed by atoms with Gasteiger partial charge >= 0.3 is 6.18 Å². The highest BCUT2D eigenvalue weighted by atomic mass is 32.2. The fourth-order valence-electron chi connectivity index (χ4n) is 2.13. The van der Waals surface area contributed by atoms with Crippen LogP contribution in [0.5, 0.6) is 0 Å². The van der Waals surface area contributed by atoms with Crippen LogP contribution in [0, 0.1) is 0 Å². The Hall–Kier alpha value is -1.08. The second kappa shape index (κ2) is 4.98. The summed E-state index contributed by atoms with van der Waals surface area (Å²) in [7, 11) is -4.22. The average molecular weight is 321 g/mol. The molecule has 1 aliphatic rings. The molecule has 0 aliphatic heterocycles. The summed E-state index contributed by atoms with van der Waals surface area (Å²) in [6.07, 6.45) is -3.00. The molecule has 0 spiro atoms. The Bertz CT molecular complexity index is 641. The number of nitrogens with one attached hydrogen (secondary N) is 1. The quantitative estimate of drug-likeness (QED) is 0.923. The number of halogens is 3. The molecule has 1 saturated carbocycles. The number of sulfonamides is 1. The third-order valence-electron chi connectivity index (χ3n) is 3.09. The van der Waals surface area contributed by atoms with Gasteiger partial charge in [-0.1, -0.05) is 6.07 Å². The second-order valence-electron chi connectivity index (χ2n) is 6.38. The Balaban J connectivity index is 2.52. The van der Waals surface area contributed by atoms with E-state index in [1.54, 1.807) is 20.8 Å². The minimum atomic E-state index is -4.70. The van der Waals surface area contributed by atoms with Gasteiger partial charge in [-0.05, 0) is 57.2 Å². The first-order chi connectivity index (χ1) is 9.40. The van der Waals surface area contributed by atoms with Crippen molar-refractivity contribution in [2.75, 3.05) is 0 Å². The van der Waals surface area contributed by atoms with Gasteiger partial charge in [-0.15, -0.1) is 0 Å². The lowest BCUT2D eigenvalue weighted by atomic mass is 10.1. The molecule has 1 aliphatic carbocycles. The number of rotatable bonds is 3. The van der Waals surface area contributed by atoms with Crippen LogP contribution in [0.15, 0.2) is 23.1 Å². The molecule has 21 heavy (non-hydrogen) atoms. The van der Waals surface area contributed by atoms with E-state index in [9.17, 15) is 21.6 Å². The van der Waals surface area contributed by atoms with Gasteiger partial charge in [-0.3, -0.25) is 0 Å². The van der Waals surface area contributed by atoms with Crippen molar-refractivity contribution < 1.29 is 21.6 Å². The van der Waals surface area contributed by atoms with Crippen molar-refractivity contribution in [1.82, 2.24) is 4.72 Å². The highest BCUT2D eigenvalue weighted by Gasteiger charge is 2.39. The van der Waals surface area contributed by atoms with Gasteiger partial charge in [0.2, 0.25) is 10.0 Å². The van der Waals surface area contributed by atoms with E-state index < -0.39 is 32.2 Å². The van der Waals surface area contributed by atoms with Crippen molar-refractivity contribution >= 4 is 10.0 Å². The fourth-order valence-corrected chi connectivity index (χ4v) is 3.76. The molecule has 0 atom stereocenters. The minimum absolute atomic E-state index is 0.124. The van der Waals surface area contributed by atoms with Crippen molar-refractivity contribution in [1.29, 1.82) is 0 Å². The Kier molecular flexibility index (Phi) is 3.87.